The normalized spacial score (nSPS) is 11.5. The lowest BCUT2D eigenvalue weighted by Crippen LogP contribution is -2.49. The molecule has 18 heavy (non-hydrogen) atoms. The van der Waals surface area contributed by atoms with Gasteiger partial charge in [-0.2, -0.15) is 0 Å². The quantitative estimate of drug-likeness (QED) is 0.581. The van der Waals surface area contributed by atoms with Crippen LogP contribution in [0, 0.1) is 0 Å². The molecule has 7 heteroatoms. The number of nitrogens with one attached hydrogen (secondary N) is 1. The first kappa shape index (κ1) is 18.1. The summed E-state index contributed by atoms with van der Waals surface area (Å²) < 4.78 is 1.42. The Morgan fingerprint density at radius 1 is 1.28 bits per heavy atom. The predicted octanol–water partition coefficient (Wildman–Crippen LogP) is 2.52. The molecular formula is C11H16Br2ClNO3. The van der Waals surface area contributed by atoms with Gasteiger partial charge in [-0.25, -0.2) is 0 Å². The lowest BCUT2D eigenvalue weighted by molar-refractivity contribution is -0.0973. The predicted molar refractivity (Wildman–Crippen MR) is 79.9 cm³/mol. The molecule has 1 aromatic carbocycles. The largest absolute Gasteiger partial charge is 0.506 e. The van der Waals surface area contributed by atoms with Crippen molar-refractivity contribution in [3.05, 3.63) is 26.6 Å². The van der Waals surface area contributed by atoms with Crippen molar-refractivity contribution < 1.29 is 15.3 Å². The first-order chi connectivity index (χ1) is 7.74. The average molecular weight is 406 g/mol. The van der Waals surface area contributed by atoms with Gasteiger partial charge in [0.1, 0.15) is 5.75 Å². The van der Waals surface area contributed by atoms with E-state index in [0.29, 0.717) is 16.6 Å². The number of halogens is 3. The standard InChI is InChI=1S/C11H15Br2NO3.ClH/c1-11(2,10(16)17)14-5-6-3-7(12)4-8(13)9(6)15;/h3-4,10,14-17H,5H2,1-2H3;1H. The van der Waals surface area contributed by atoms with Gasteiger partial charge >= 0.3 is 0 Å². The van der Waals surface area contributed by atoms with E-state index in [0.717, 1.165) is 4.47 Å². The van der Waals surface area contributed by atoms with Gasteiger partial charge < -0.3 is 20.6 Å². The van der Waals surface area contributed by atoms with Crippen molar-refractivity contribution in [3.8, 4) is 5.75 Å². The smallest absolute Gasteiger partial charge is 0.169 e. The molecule has 0 unspecified atom stereocenters. The van der Waals surface area contributed by atoms with E-state index in [1.807, 2.05) is 0 Å². The number of aliphatic hydroxyl groups is 2. The minimum atomic E-state index is -1.47. The van der Waals surface area contributed by atoms with Crippen LogP contribution in [0.5, 0.6) is 5.75 Å². The number of benzene rings is 1. The van der Waals surface area contributed by atoms with Gasteiger partial charge in [0.05, 0.1) is 10.0 Å². The fraction of sp³-hybridized carbons (Fsp3) is 0.455. The molecule has 4 nitrogen and oxygen atoms in total. The first-order valence-corrected chi connectivity index (χ1v) is 6.60. The lowest BCUT2D eigenvalue weighted by atomic mass is 10.0. The molecule has 1 rings (SSSR count). The van der Waals surface area contributed by atoms with Crippen LogP contribution in [0.3, 0.4) is 0 Å². The number of rotatable bonds is 4. The molecule has 104 valence electrons. The summed E-state index contributed by atoms with van der Waals surface area (Å²) in [6, 6.07) is 3.51. The molecule has 0 aliphatic carbocycles. The van der Waals surface area contributed by atoms with Crippen LogP contribution in [0.25, 0.3) is 0 Å². The molecule has 0 atom stereocenters. The van der Waals surface area contributed by atoms with E-state index < -0.39 is 11.8 Å². The molecule has 0 spiro atoms. The van der Waals surface area contributed by atoms with Crippen LogP contribution < -0.4 is 5.32 Å². The summed E-state index contributed by atoms with van der Waals surface area (Å²) in [5.74, 6) is 0.143. The van der Waals surface area contributed by atoms with E-state index >= 15 is 0 Å². The molecule has 0 aliphatic heterocycles. The zero-order valence-corrected chi connectivity index (χ0v) is 13.9. The highest BCUT2D eigenvalue weighted by molar-refractivity contribution is 9.11. The van der Waals surface area contributed by atoms with E-state index in [1.54, 1.807) is 26.0 Å². The summed E-state index contributed by atoms with van der Waals surface area (Å²) in [6.07, 6.45) is -1.47. The Hall–Kier alpha value is 0.150. The topological polar surface area (TPSA) is 72.7 Å². The Kier molecular flexibility index (Phi) is 7.13. The van der Waals surface area contributed by atoms with Crippen molar-refractivity contribution in [3.63, 3.8) is 0 Å². The summed E-state index contributed by atoms with van der Waals surface area (Å²) in [5, 5.41) is 31.1. The van der Waals surface area contributed by atoms with Crippen LogP contribution in [0.4, 0.5) is 0 Å². The number of phenols is 1. The van der Waals surface area contributed by atoms with Crippen LogP contribution in [0.15, 0.2) is 21.1 Å². The molecule has 0 saturated heterocycles. The Bertz CT molecular complexity index is 414. The molecule has 0 heterocycles. The highest BCUT2D eigenvalue weighted by atomic mass is 79.9. The number of aliphatic hydroxyl groups excluding tert-OH is 1. The second-order valence-corrected chi connectivity index (χ2v) is 6.11. The summed E-state index contributed by atoms with van der Waals surface area (Å²) in [7, 11) is 0. The number of hydrogen-bond acceptors (Lipinski definition) is 4. The first-order valence-electron chi connectivity index (χ1n) is 5.02. The van der Waals surface area contributed by atoms with Crippen molar-refractivity contribution in [2.75, 3.05) is 0 Å². The Labute approximate surface area is 129 Å². The van der Waals surface area contributed by atoms with E-state index in [2.05, 4.69) is 37.2 Å². The van der Waals surface area contributed by atoms with Gasteiger partial charge in [-0.1, -0.05) is 15.9 Å². The summed E-state index contributed by atoms with van der Waals surface area (Å²) >= 11 is 6.57. The third-order valence-electron chi connectivity index (χ3n) is 2.49. The molecule has 0 aromatic heterocycles. The third-order valence-corrected chi connectivity index (χ3v) is 3.55. The van der Waals surface area contributed by atoms with E-state index in [4.69, 9.17) is 10.2 Å². The lowest BCUT2D eigenvalue weighted by Gasteiger charge is -2.28. The van der Waals surface area contributed by atoms with Gasteiger partial charge in [0.25, 0.3) is 0 Å². The van der Waals surface area contributed by atoms with Gasteiger partial charge in [0.15, 0.2) is 6.29 Å². The van der Waals surface area contributed by atoms with E-state index in [-0.39, 0.29) is 18.2 Å². The summed E-state index contributed by atoms with van der Waals surface area (Å²) in [4.78, 5) is 0. The van der Waals surface area contributed by atoms with Crippen molar-refractivity contribution in [1.29, 1.82) is 0 Å². The van der Waals surface area contributed by atoms with Gasteiger partial charge in [0.2, 0.25) is 0 Å². The van der Waals surface area contributed by atoms with Crippen LogP contribution in [0.2, 0.25) is 0 Å². The van der Waals surface area contributed by atoms with Crippen LogP contribution in [-0.4, -0.2) is 27.1 Å². The second kappa shape index (κ2) is 7.07. The van der Waals surface area contributed by atoms with Crippen molar-refractivity contribution >= 4 is 44.3 Å². The molecule has 0 saturated carbocycles. The maximum absolute atomic E-state index is 9.82. The molecule has 0 amide bonds. The van der Waals surface area contributed by atoms with Gasteiger partial charge in [0, 0.05) is 16.6 Å². The van der Waals surface area contributed by atoms with Gasteiger partial charge in [-0.05, 0) is 41.9 Å². The Balaban J connectivity index is 0.00000289. The monoisotopic (exact) mass is 403 g/mol. The highest BCUT2D eigenvalue weighted by Gasteiger charge is 2.25. The van der Waals surface area contributed by atoms with Gasteiger partial charge in [-0.15, -0.1) is 12.4 Å². The second-order valence-electron chi connectivity index (χ2n) is 4.34. The SMILES string of the molecule is CC(C)(NCc1cc(Br)cc(Br)c1O)C(O)O.Cl. The minimum absolute atomic E-state index is 0. The maximum atomic E-state index is 9.82. The number of hydrogen-bond donors (Lipinski definition) is 4. The summed E-state index contributed by atoms with van der Waals surface area (Å²) in [5.41, 5.74) is -0.179. The molecule has 0 radical (unpaired) electrons. The maximum Gasteiger partial charge on any atom is 0.169 e. The van der Waals surface area contributed by atoms with Crippen LogP contribution in [-0.2, 0) is 6.54 Å². The average Bonchev–Trinajstić information content (AvgIpc) is 2.21. The molecule has 0 aliphatic rings. The van der Waals surface area contributed by atoms with Crippen molar-refractivity contribution in [2.24, 2.45) is 0 Å². The van der Waals surface area contributed by atoms with Crippen LogP contribution >= 0.6 is 44.3 Å². The molecular weight excluding hydrogens is 389 g/mol. The zero-order valence-electron chi connectivity index (χ0n) is 9.94. The molecule has 1 aromatic rings. The Morgan fingerprint density at radius 2 is 1.83 bits per heavy atom. The van der Waals surface area contributed by atoms with Gasteiger partial charge in [-0.3, -0.25) is 0 Å². The summed E-state index contributed by atoms with van der Waals surface area (Å²) in [6.45, 7) is 3.66. The van der Waals surface area contributed by atoms with Crippen molar-refractivity contribution in [2.45, 2.75) is 32.2 Å². The number of phenolic OH excluding ortho intramolecular Hbond substituents is 1. The molecule has 0 bridgehead atoms. The van der Waals surface area contributed by atoms with Crippen molar-refractivity contribution in [1.82, 2.24) is 5.32 Å². The van der Waals surface area contributed by atoms with E-state index in [1.165, 1.54) is 0 Å². The molecule has 4 N–H and O–H groups in total. The fourth-order valence-electron chi connectivity index (χ4n) is 1.17. The van der Waals surface area contributed by atoms with Crippen LogP contribution in [0.1, 0.15) is 19.4 Å². The number of aromatic hydroxyl groups is 1. The Morgan fingerprint density at radius 3 is 2.33 bits per heavy atom. The zero-order chi connectivity index (χ0) is 13.2. The molecule has 0 fully saturated rings. The fourth-order valence-corrected chi connectivity index (χ4v) is 2.48. The van der Waals surface area contributed by atoms with E-state index in [9.17, 15) is 5.11 Å². The third kappa shape index (κ3) is 4.68. The highest BCUT2D eigenvalue weighted by Crippen LogP contribution is 2.31. The minimum Gasteiger partial charge on any atom is -0.506 e.